The van der Waals surface area contributed by atoms with Crippen molar-refractivity contribution in [1.29, 1.82) is 0 Å². The van der Waals surface area contributed by atoms with Gasteiger partial charge in [0.25, 0.3) is 0 Å². The monoisotopic (exact) mass is 238 g/mol. The fraction of sp³-hybridized carbons (Fsp3) is 1.00. The molecule has 8 aliphatic carbocycles. The van der Waals surface area contributed by atoms with Crippen molar-refractivity contribution in [3.63, 3.8) is 0 Å². The SMILES string of the molecule is C1C[C@H]2[C@@H]1[C@H]1[C@H]3C4C([C@H]3[C@@H]21)[C@H]1[C@@H]4[C@H]2[C@H]3CC[C@H]3[C@@H]12. The summed E-state index contributed by atoms with van der Waals surface area (Å²) in [5, 5.41) is 0. The highest BCUT2D eigenvalue weighted by Gasteiger charge is 2.88. The second kappa shape index (κ2) is 2.06. The van der Waals surface area contributed by atoms with Gasteiger partial charge in [0, 0.05) is 0 Å². The summed E-state index contributed by atoms with van der Waals surface area (Å²) in [5.41, 5.74) is 0. The van der Waals surface area contributed by atoms with Crippen LogP contribution in [-0.2, 0) is 0 Å². The third-order valence-electron chi connectivity index (χ3n) is 10.5. The van der Waals surface area contributed by atoms with Gasteiger partial charge in [0.15, 0.2) is 0 Å². The zero-order chi connectivity index (χ0) is 10.9. The Kier molecular flexibility index (Phi) is 0.951. The van der Waals surface area contributed by atoms with Crippen LogP contribution in [0.1, 0.15) is 25.7 Å². The van der Waals surface area contributed by atoms with Crippen LogP contribution in [0.2, 0.25) is 0 Å². The number of rotatable bonds is 0. The molecule has 2 unspecified atom stereocenters. The van der Waals surface area contributed by atoms with Crippen molar-refractivity contribution in [2.45, 2.75) is 25.7 Å². The Morgan fingerprint density at radius 3 is 0.722 bits per heavy atom. The number of hydrogen-bond acceptors (Lipinski definition) is 0. The first kappa shape index (κ1) is 8.32. The molecule has 0 aromatic rings. The van der Waals surface area contributed by atoms with E-state index in [0.29, 0.717) is 0 Å². The maximum Gasteiger partial charge on any atom is -0.0312 e. The normalized spacial score (nSPS) is 89.3. The Balaban J connectivity index is 1.17. The molecule has 8 rings (SSSR count). The molecule has 8 saturated carbocycles. The summed E-state index contributed by atoms with van der Waals surface area (Å²) in [6.45, 7) is 0. The van der Waals surface area contributed by atoms with Gasteiger partial charge < -0.3 is 0 Å². The van der Waals surface area contributed by atoms with E-state index in [1.54, 1.807) is 25.7 Å². The van der Waals surface area contributed by atoms with Gasteiger partial charge >= 0.3 is 0 Å². The largest absolute Gasteiger partial charge is 0.0496 e. The van der Waals surface area contributed by atoms with Crippen molar-refractivity contribution >= 4 is 0 Å². The van der Waals surface area contributed by atoms with Crippen molar-refractivity contribution < 1.29 is 0 Å². The lowest BCUT2D eigenvalue weighted by Gasteiger charge is -2.93. The van der Waals surface area contributed by atoms with Crippen molar-refractivity contribution in [3.8, 4) is 0 Å². The molecule has 0 aliphatic heterocycles. The van der Waals surface area contributed by atoms with Crippen LogP contribution in [0.3, 0.4) is 0 Å². The molecular formula is C18H22. The minimum atomic E-state index is 1.27. The van der Waals surface area contributed by atoms with Crippen LogP contribution in [0.4, 0.5) is 0 Å². The maximum absolute atomic E-state index is 1.64. The van der Waals surface area contributed by atoms with Gasteiger partial charge in [-0.15, -0.1) is 0 Å². The first-order chi connectivity index (χ1) is 8.97. The topological polar surface area (TPSA) is 0 Å². The summed E-state index contributed by atoms with van der Waals surface area (Å²) < 4.78 is 0. The van der Waals surface area contributed by atoms with Gasteiger partial charge in [-0.1, -0.05) is 0 Å². The quantitative estimate of drug-likeness (QED) is 0.568. The standard InChI is InChI=1S/C18H22/c1-2-6-5(1)9-10(6)14-13(9)17-15-11-7-3-4-8(7)12(11)16(15)18(14)17/h5-18H,1-4H2/t5-,6+,7+,8-,9-,10+,11+,12-,13-,14+,15+,16-,17?,18?. The second-order valence-electron chi connectivity index (χ2n) is 9.58. The van der Waals surface area contributed by atoms with Crippen LogP contribution in [0.5, 0.6) is 0 Å². The lowest BCUT2D eigenvalue weighted by atomic mass is 9.11. The van der Waals surface area contributed by atoms with Gasteiger partial charge in [0.2, 0.25) is 0 Å². The highest BCUT2D eigenvalue weighted by molar-refractivity contribution is 5.35. The minimum Gasteiger partial charge on any atom is -0.0496 e. The van der Waals surface area contributed by atoms with E-state index < -0.39 is 0 Å². The van der Waals surface area contributed by atoms with Crippen LogP contribution in [0.25, 0.3) is 0 Å². The van der Waals surface area contributed by atoms with Crippen molar-refractivity contribution in [1.82, 2.24) is 0 Å². The molecule has 0 radical (unpaired) electrons. The van der Waals surface area contributed by atoms with Gasteiger partial charge in [0.1, 0.15) is 0 Å². The molecule has 0 N–H and O–H groups in total. The van der Waals surface area contributed by atoms with E-state index in [1.165, 1.54) is 82.9 Å². The zero-order valence-corrected chi connectivity index (χ0v) is 10.9. The van der Waals surface area contributed by atoms with Gasteiger partial charge in [-0.05, 0) is 109 Å². The Morgan fingerprint density at radius 1 is 0.278 bits per heavy atom. The lowest BCUT2D eigenvalue weighted by Crippen LogP contribution is -2.90. The minimum absolute atomic E-state index is 1.27. The van der Waals surface area contributed by atoms with Gasteiger partial charge in [-0.2, -0.15) is 0 Å². The molecule has 18 heavy (non-hydrogen) atoms. The van der Waals surface area contributed by atoms with E-state index in [1.807, 2.05) is 0 Å². The molecule has 0 aromatic heterocycles. The zero-order valence-electron chi connectivity index (χ0n) is 10.9. The molecule has 94 valence electrons. The van der Waals surface area contributed by atoms with Crippen LogP contribution >= 0.6 is 0 Å². The predicted molar refractivity (Wildman–Crippen MR) is 67.3 cm³/mol. The van der Waals surface area contributed by atoms with Crippen LogP contribution in [-0.4, -0.2) is 0 Å². The molecule has 14 atom stereocenters. The summed E-state index contributed by atoms with van der Waals surface area (Å²) in [6.07, 6.45) is 6.54. The van der Waals surface area contributed by atoms with E-state index in [9.17, 15) is 0 Å². The van der Waals surface area contributed by atoms with E-state index in [2.05, 4.69) is 0 Å². The van der Waals surface area contributed by atoms with E-state index in [0.717, 1.165) is 0 Å². The van der Waals surface area contributed by atoms with E-state index in [4.69, 9.17) is 0 Å². The van der Waals surface area contributed by atoms with Gasteiger partial charge in [-0.3, -0.25) is 0 Å². The molecule has 0 saturated heterocycles. The first-order valence-corrected chi connectivity index (χ1v) is 8.97. The lowest BCUT2D eigenvalue weighted by molar-refractivity contribution is -0.465. The first-order valence-electron chi connectivity index (χ1n) is 8.97. The molecule has 8 fully saturated rings. The molecule has 0 amide bonds. The van der Waals surface area contributed by atoms with Crippen molar-refractivity contribution in [3.05, 3.63) is 0 Å². The smallest absolute Gasteiger partial charge is 0.0312 e. The molecule has 0 heterocycles. The number of hydrogen-bond donors (Lipinski definition) is 0. The Morgan fingerprint density at radius 2 is 0.500 bits per heavy atom. The van der Waals surface area contributed by atoms with Crippen LogP contribution in [0.15, 0.2) is 0 Å². The highest BCUT2D eigenvalue weighted by atomic mass is 14.9. The Labute approximate surface area is 109 Å². The Hall–Kier alpha value is 0. The van der Waals surface area contributed by atoms with E-state index in [-0.39, 0.29) is 0 Å². The molecule has 0 nitrogen and oxygen atoms in total. The maximum atomic E-state index is 1.64. The molecule has 0 spiro atoms. The average molecular weight is 238 g/mol. The van der Waals surface area contributed by atoms with Crippen molar-refractivity contribution in [2.24, 2.45) is 82.9 Å². The van der Waals surface area contributed by atoms with Gasteiger partial charge in [-0.25, -0.2) is 0 Å². The highest BCUT2D eigenvalue weighted by Crippen LogP contribution is 2.92. The molecule has 0 bridgehead atoms. The third kappa shape index (κ3) is 0.487. The fourth-order valence-electron chi connectivity index (χ4n) is 10.1. The fourth-order valence-corrected chi connectivity index (χ4v) is 10.1. The summed E-state index contributed by atoms with van der Waals surface area (Å²) in [7, 11) is 0. The predicted octanol–water partition coefficient (Wildman–Crippen LogP) is 3.28. The molecule has 0 aromatic carbocycles. The summed E-state index contributed by atoms with van der Waals surface area (Å²) in [5.74, 6) is 18.1. The van der Waals surface area contributed by atoms with Crippen molar-refractivity contribution in [2.75, 3.05) is 0 Å². The van der Waals surface area contributed by atoms with E-state index >= 15 is 0 Å². The second-order valence-corrected chi connectivity index (χ2v) is 9.58. The summed E-state index contributed by atoms with van der Waals surface area (Å²) in [4.78, 5) is 0. The molecule has 0 heteroatoms. The average Bonchev–Trinajstić information content (AvgIpc) is 2.28. The van der Waals surface area contributed by atoms with Crippen LogP contribution in [0, 0.1) is 82.9 Å². The molecule has 8 aliphatic rings. The Bertz CT molecular complexity index is 418. The molecular weight excluding hydrogens is 216 g/mol. The van der Waals surface area contributed by atoms with Gasteiger partial charge in [0.05, 0.1) is 0 Å². The number of fused-ring (bicyclic) bond motifs is 19. The summed E-state index contributed by atoms with van der Waals surface area (Å²) >= 11 is 0. The van der Waals surface area contributed by atoms with Crippen LogP contribution < -0.4 is 0 Å². The summed E-state index contributed by atoms with van der Waals surface area (Å²) in [6, 6.07) is 0. The third-order valence-corrected chi connectivity index (χ3v) is 10.5.